The van der Waals surface area contributed by atoms with Crippen LogP contribution in [0, 0.1) is 6.92 Å². The highest BCUT2D eigenvalue weighted by Gasteiger charge is 2.26. The Kier molecular flexibility index (Phi) is 6.29. The molecule has 8 heteroatoms. The maximum Gasteiger partial charge on any atom is 0.252 e. The maximum absolute atomic E-state index is 13.2. The van der Waals surface area contributed by atoms with E-state index in [0.717, 1.165) is 27.9 Å². The fraction of sp³-hybridized carbons (Fsp3) is 0.360. The van der Waals surface area contributed by atoms with Crippen LogP contribution < -0.4 is 19.7 Å². The van der Waals surface area contributed by atoms with Crippen LogP contribution in [0.5, 0.6) is 11.5 Å². The molecule has 1 aliphatic rings. The molecule has 1 saturated heterocycles. The van der Waals surface area contributed by atoms with Gasteiger partial charge in [-0.25, -0.2) is 0 Å². The summed E-state index contributed by atoms with van der Waals surface area (Å²) >= 11 is 0. The van der Waals surface area contributed by atoms with Gasteiger partial charge in [-0.05, 0) is 49.2 Å². The monoisotopic (exact) mass is 450 g/mol. The van der Waals surface area contributed by atoms with Crippen LogP contribution in [-0.2, 0) is 7.05 Å². The number of carbonyl (C=O) groups is 1. The molecule has 0 radical (unpaired) electrons. The number of aryl methyl sites for hydroxylation is 2. The molecule has 0 spiro atoms. The molecule has 2 heterocycles. The summed E-state index contributed by atoms with van der Waals surface area (Å²) in [5.74, 6) is 1.05. The van der Waals surface area contributed by atoms with E-state index in [9.17, 15) is 9.90 Å². The van der Waals surface area contributed by atoms with E-state index in [-0.39, 0.29) is 18.1 Å². The second-order valence-electron chi connectivity index (χ2n) is 8.46. The first-order valence-electron chi connectivity index (χ1n) is 10.9. The van der Waals surface area contributed by atoms with Gasteiger partial charge in [-0.15, -0.1) is 0 Å². The molecule has 1 fully saturated rings. The zero-order valence-electron chi connectivity index (χ0n) is 19.6. The number of benzene rings is 2. The second-order valence-corrected chi connectivity index (χ2v) is 8.46. The highest BCUT2D eigenvalue weighted by Crippen LogP contribution is 2.40. The van der Waals surface area contributed by atoms with Crippen molar-refractivity contribution in [2.24, 2.45) is 7.05 Å². The molecule has 8 nitrogen and oxygen atoms in total. The number of rotatable bonds is 7. The third-order valence-electron chi connectivity index (χ3n) is 6.06. The standard InChI is InChI=1S/C25H30N4O4/c1-15-6-7-19(29-13-20(30)14-29)10-21(15)25(31)27-16(2)17-8-22(18-11-26-28(3)12-18)24(33-5)23(9-17)32-4/h6-12,16,20,30H,13-14H2,1-5H3,(H,27,31)/t16-/m1/s1. The highest BCUT2D eigenvalue weighted by atomic mass is 16.5. The summed E-state index contributed by atoms with van der Waals surface area (Å²) in [5.41, 5.74) is 5.08. The number of ether oxygens (including phenoxy) is 2. The summed E-state index contributed by atoms with van der Waals surface area (Å²) in [6.07, 6.45) is 3.38. The summed E-state index contributed by atoms with van der Waals surface area (Å²) in [7, 11) is 5.06. The van der Waals surface area contributed by atoms with Gasteiger partial charge < -0.3 is 24.8 Å². The molecule has 1 aliphatic heterocycles. The van der Waals surface area contributed by atoms with Crippen molar-refractivity contribution in [2.75, 3.05) is 32.2 Å². The number of methoxy groups -OCH3 is 2. The van der Waals surface area contributed by atoms with Gasteiger partial charge in [0.15, 0.2) is 11.5 Å². The van der Waals surface area contributed by atoms with Crippen molar-refractivity contribution in [3.8, 4) is 22.6 Å². The van der Waals surface area contributed by atoms with Crippen LogP contribution in [0.4, 0.5) is 5.69 Å². The first-order chi connectivity index (χ1) is 15.8. The Morgan fingerprint density at radius 1 is 1.21 bits per heavy atom. The number of aliphatic hydroxyl groups is 1. The average Bonchev–Trinajstić information content (AvgIpc) is 3.22. The molecule has 1 atom stereocenters. The summed E-state index contributed by atoms with van der Waals surface area (Å²) in [6.45, 7) is 5.04. The van der Waals surface area contributed by atoms with Gasteiger partial charge in [0, 0.05) is 48.7 Å². The fourth-order valence-corrected chi connectivity index (χ4v) is 4.09. The van der Waals surface area contributed by atoms with Crippen molar-refractivity contribution in [2.45, 2.75) is 26.0 Å². The molecule has 33 heavy (non-hydrogen) atoms. The average molecular weight is 451 g/mol. The van der Waals surface area contributed by atoms with Gasteiger partial charge in [-0.1, -0.05) is 6.07 Å². The minimum Gasteiger partial charge on any atom is -0.493 e. The van der Waals surface area contributed by atoms with Crippen LogP contribution >= 0.6 is 0 Å². The fourth-order valence-electron chi connectivity index (χ4n) is 4.09. The summed E-state index contributed by atoms with van der Waals surface area (Å²) in [5, 5.41) is 17.0. The molecule has 1 amide bonds. The maximum atomic E-state index is 13.2. The van der Waals surface area contributed by atoms with Crippen molar-refractivity contribution in [3.05, 3.63) is 59.4 Å². The van der Waals surface area contributed by atoms with Crippen molar-refractivity contribution >= 4 is 11.6 Å². The molecule has 3 aromatic rings. The quantitative estimate of drug-likeness (QED) is 0.575. The Bertz CT molecular complexity index is 1170. The topological polar surface area (TPSA) is 88.9 Å². The van der Waals surface area contributed by atoms with Crippen LogP contribution in [0.3, 0.4) is 0 Å². The Labute approximate surface area is 193 Å². The lowest BCUT2D eigenvalue weighted by Gasteiger charge is -2.38. The van der Waals surface area contributed by atoms with Crippen molar-refractivity contribution in [1.29, 1.82) is 0 Å². The Balaban J connectivity index is 1.61. The number of hydrogen-bond donors (Lipinski definition) is 2. The van der Waals surface area contributed by atoms with Crippen molar-refractivity contribution in [3.63, 3.8) is 0 Å². The van der Waals surface area contributed by atoms with Gasteiger partial charge in [0.2, 0.25) is 0 Å². The molecule has 0 bridgehead atoms. The molecule has 0 aliphatic carbocycles. The number of aromatic nitrogens is 2. The Morgan fingerprint density at radius 3 is 2.58 bits per heavy atom. The molecule has 0 saturated carbocycles. The Hall–Kier alpha value is -3.52. The number of β-amino-alcohol motifs (C(OH)–C–C–N with tert-alkyl or cyclic N) is 1. The van der Waals surface area contributed by atoms with Gasteiger partial charge in [0.25, 0.3) is 5.91 Å². The third kappa shape index (κ3) is 4.52. The number of hydrogen-bond acceptors (Lipinski definition) is 6. The van der Waals surface area contributed by atoms with Crippen LogP contribution in [0.1, 0.15) is 34.5 Å². The highest BCUT2D eigenvalue weighted by molar-refractivity contribution is 5.97. The number of nitrogens with zero attached hydrogens (tertiary/aromatic N) is 3. The van der Waals surface area contributed by atoms with E-state index in [4.69, 9.17) is 9.47 Å². The SMILES string of the molecule is COc1cc([C@@H](C)NC(=O)c2cc(N3CC(O)C3)ccc2C)cc(-c2cnn(C)c2)c1OC. The zero-order valence-corrected chi connectivity index (χ0v) is 19.6. The number of nitrogens with one attached hydrogen (secondary N) is 1. The van der Waals surface area contributed by atoms with E-state index in [2.05, 4.69) is 15.3 Å². The van der Waals surface area contributed by atoms with E-state index >= 15 is 0 Å². The van der Waals surface area contributed by atoms with E-state index in [0.29, 0.717) is 30.2 Å². The first kappa shape index (κ1) is 22.7. The number of amides is 1. The van der Waals surface area contributed by atoms with Crippen LogP contribution in [-0.4, -0.2) is 54.2 Å². The van der Waals surface area contributed by atoms with Crippen LogP contribution in [0.15, 0.2) is 42.7 Å². The van der Waals surface area contributed by atoms with E-state index in [1.165, 1.54) is 0 Å². The van der Waals surface area contributed by atoms with Crippen LogP contribution in [0.2, 0.25) is 0 Å². The van der Waals surface area contributed by atoms with Crippen molar-refractivity contribution in [1.82, 2.24) is 15.1 Å². The second kappa shape index (κ2) is 9.15. The lowest BCUT2D eigenvalue weighted by molar-refractivity contribution is 0.0939. The van der Waals surface area contributed by atoms with Gasteiger partial charge in [-0.2, -0.15) is 5.10 Å². The minimum atomic E-state index is -0.303. The van der Waals surface area contributed by atoms with Crippen molar-refractivity contribution < 1.29 is 19.4 Å². The van der Waals surface area contributed by atoms with Crippen LogP contribution in [0.25, 0.3) is 11.1 Å². The molecule has 2 N–H and O–H groups in total. The van der Waals surface area contributed by atoms with E-state index in [1.807, 2.05) is 57.4 Å². The van der Waals surface area contributed by atoms with Gasteiger partial charge in [0.1, 0.15) is 0 Å². The largest absolute Gasteiger partial charge is 0.493 e. The number of anilines is 1. The lowest BCUT2D eigenvalue weighted by atomic mass is 9.99. The number of carbonyl (C=O) groups excluding carboxylic acids is 1. The molecule has 174 valence electrons. The minimum absolute atomic E-state index is 0.152. The summed E-state index contributed by atoms with van der Waals surface area (Å²) in [4.78, 5) is 15.2. The van der Waals surface area contributed by atoms with E-state index < -0.39 is 0 Å². The smallest absolute Gasteiger partial charge is 0.252 e. The van der Waals surface area contributed by atoms with Gasteiger partial charge in [-0.3, -0.25) is 9.48 Å². The first-order valence-corrected chi connectivity index (χ1v) is 10.9. The molecule has 0 unspecified atom stereocenters. The van der Waals surface area contributed by atoms with Gasteiger partial charge >= 0.3 is 0 Å². The summed E-state index contributed by atoms with van der Waals surface area (Å²) in [6, 6.07) is 9.41. The normalized spacial score (nSPS) is 14.5. The molecule has 2 aromatic carbocycles. The Morgan fingerprint density at radius 2 is 1.97 bits per heavy atom. The summed E-state index contributed by atoms with van der Waals surface area (Å²) < 4.78 is 12.9. The number of aliphatic hydroxyl groups excluding tert-OH is 1. The zero-order chi connectivity index (χ0) is 23.7. The third-order valence-corrected chi connectivity index (χ3v) is 6.06. The van der Waals surface area contributed by atoms with E-state index in [1.54, 1.807) is 25.1 Å². The predicted octanol–water partition coefficient (Wildman–Crippen LogP) is 3.08. The molecular weight excluding hydrogens is 420 g/mol. The molecular formula is C25H30N4O4. The lowest BCUT2D eigenvalue weighted by Crippen LogP contribution is -2.50. The van der Waals surface area contributed by atoms with Gasteiger partial charge in [0.05, 0.1) is 32.6 Å². The predicted molar refractivity (Wildman–Crippen MR) is 127 cm³/mol. The molecule has 4 rings (SSSR count). The molecule has 1 aromatic heterocycles.